The summed E-state index contributed by atoms with van der Waals surface area (Å²) in [4.78, 5) is 23.6. The number of hydrogen-bond acceptors (Lipinski definition) is 4. The number of methoxy groups -OCH3 is 2. The lowest BCUT2D eigenvalue weighted by Gasteiger charge is -2.11. The highest BCUT2D eigenvalue weighted by Gasteiger charge is 2.15. The molecule has 2 amide bonds. The Bertz CT molecular complexity index is 792. The summed E-state index contributed by atoms with van der Waals surface area (Å²) in [5, 5.41) is 4.60. The molecule has 0 aliphatic carbocycles. The number of hydrogen-bond donors (Lipinski definition) is 2. The van der Waals surface area contributed by atoms with Gasteiger partial charge in [-0.25, -0.2) is 8.78 Å². The van der Waals surface area contributed by atoms with E-state index in [2.05, 4.69) is 10.6 Å². The van der Waals surface area contributed by atoms with Crippen LogP contribution in [0.25, 0.3) is 0 Å². The van der Waals surface area contributed by atoms with Crippen LogP contribution in [0.1, 0.15) is 12.0 Å². The summed E-state index contributed by atoms with van der Waals surface area (Å²) in [6.07, 6.45) is -0.568. The SMILES string of the molecule is COc1ccc(CNC(=O)CC(=O)Nc2c(F)cccc2F)cc1OC. The van der Waals surface area contributed by atoms with E-state index in [1.165, 1.54) is 20.3 Å². The van der Waals surface area contributed by atoms with Crippen LogP contribution in [0, 0.1) is 11.6 Å². The van der Waals surface area contributed by atoms with Gasteiger partial charge in [0.25, 0.3) is 0 Å². The first-order valence-corrected chi connectivity index (χ1v) is 7.66. The molecule has 0 spiro atoms. The standard InChI is InChI=1S/C18H18F2N2O4/c1-25-14-7-6-11(8-15(14)26-2)10-21-16(23)9-17(24)22-18-12(19)4-3-5-13(18)20/h3-8H,9-10H2,1-2H3,(H,21,23)(H,22,24). The summed E-state index contributed by atoms with van der Waals surface area (Å²) < 4.78 is 37.2. The Labute approximate surface area is 149 Å². The lowest BCUT2D eigenvalue weighted by Crippen LogP contribution is -2.28. The van der Waals surface area contributed by atoms with Gasteiger partial charge in [0.1, 0.15) is 23.7 Å². The summed E-state index contributed by atoms with van der Waals surface area (Å²) in [5.41, 5.74) is 0.154. The number of carbonyl (C=O) groups excluding carboxylic acids is 2. The Hall–Kier alpha value is -3.16. The van der Waals surface area contributed by atoms with E-state index in [9.17, 15) is 18.4 Å². The van der Waals surface area contributed by atoms with Crippen LogP contribution in [0.4, 0.5) is 14.5 Å². The molecule has 0 aliphatic rings. The molecular weight excluding hydrogens is 346 g/mol. The second kappa shape index (κ2) is 8.80. The Morgan fingerprint density at radius 2 is 1.62 bits per heavy atom. The number of nitrogens with one attached hydrogen (secondary N) is 2. The van der Waals surface area contributed by atoms with Gasteiger partial charge >= 0.3 is 0 Å². The molecule has 0 fully saturated rings. The van der Waals surface area contributed by atoms with Crippen LogP contribution in [0.3, 0.4) is 0 Å². The van der Waals surface area contributed by atoms with E-state index in [1.54, 1.807) is 18.2 Å². The van der Waals surface area contributed by atoms with Gasteiger partial charge in [-0.15, -0.1) is 0 Å². The molecule has 138 valence electrons. The monoisotopic (exact) mass is 364 g/mol. The third-order valence-corrected chi connectivity index (χ3v) is 3.49. The predicted molar refractivity (Wildman–Crippen MR) is 91.0 cm³/mol. The van der Waals surface area contributed by atoms with Crippen molar-refractivity contribution in [2.45, 2.75) is 13.0 Å². The molecule has 0 bridgehead atoms. The topological polar surface area (TPSA) is 76.7 Å². The number of halogens is 2. The molecule has 0 atom stereocenters. The van der Waals surface area contributed by atoms with Crippen molar-refractivity contribution >= 4 is 17.5 Å². The van der Waals surface area contributed by atoms with Crippen LogP contribution >= 0.6 is 0 Å². The van der Waals surface area contributed by atoms with Crippen molar-refractivity contribution in [1.82, 2.24) is 5.32 Å². The number of amides is 2. The molecule has 0 aromatic heterocycles. The maximum absolute atomic E-state index is 13.5. The molecule has 0 saturated carbocycles. The molecule has 0 heterocycles. The van der Waals surface area contributed by atoms with Crippen molar-refractivity contribution < 1.29 is 27.8 Å². The molecule has 2 aromatic carbocycles. The van der Waals surface area contributed by atoms with Crippen LogP contribution in [-0.4, -0.2) is 26.0 Å². The van der Waals surface area contributed by atoms with Gasteiger partial charge < -0.3 is 20.1 Å². The van der Waals surface area contributed by atoms with Crippen molar-refractivity contribution in [3.05, 3.63) is 53.6 Å². The van der Waals surface area contributed by atoms with Crippen molar-refractivity contribution in [1.29, 1.82) is 0 Å². The van der Waals surface area contributed by atoms with E-state index < -0.39 is 35.6 Å². The minimum atomic E-state index is -0.913. The molecule has 2 rings (SSSR count). The highest BCUT2D eigenvalue weighted by atomic mass is 19.1. The Morgan fingerprint density at radius 1 is 0.962 bits per heavy atom. The minimum absolute atomic E-state index is 0.153. The van der Waals surface area contributed by atoms with E-state index in [4.69, 9.17) is 9.47 Å². The fourth-order valence-electron chi connectivity index (χ4n) is 2.20. The number of anilines is 1. The largest absolute Gasteiger partial charge is 0.493 e. The lowest BCUT2D eigenvalue weighted by molar-refractivity contribution is -0.126. The molecule has 6 nitrogen and oxygen atoms in total. The zero-order valence-corrected chi connectivity index (χ0v) is 14.3. The molecule has 26 heavy (non-hydrogen) atoms. The molecule has 2 aromatic rings. The van der Waals surface area contributed by atoms with Gasteiger partial charge in [0, 0.05) is 6.54 Å². The van der Waals surface area contributed by atoms with Gasteiger partial charge in [-0.3, -0.25) is 9.59 Å². The normalized spacial score (nSPS) is 10.2. The Balaban J connectivity index is 1.89. The Morgan fingerprint density at radius 3 is 2.23 bits per heavy atom. The van der Waals surface area contributed by atoms with E-state index in [1.807, 2.05) is 0 Å². The van der Waals surface area contributed by atoms with Gasteiger partial charge in [-0.1, -0.05) is 12.1 Å². The van der Waals surface area contributed by atoms with E-state index in [-0.39, 0.29) is 6.54 Å². The lowest BCUT2D eigenvalue weighted by atomic mass is 10.2. The first-order chi connectivity index (χ1) is 12.4. The summed E-state index contributed by atoms with van der Waals surface area (Å²) in [6, 6.07) is 8.31. The van der Waals surface area contributed by atoms with Gasteiger partial charge in [0.05, 0.1) is 14.2 Å². The van der Waals surface area contributed by atoms with Gasteiger partial charge in [0.15, 0.2) is 11.5 Å². The average Bonchev–Trinajstić information content (AvgIpc) is 2.62. The smallest absolute Gasteiger partial charge is 0.233 e. The highest BCUT2D eigenvalue weighted by Crippen LogP contribution is 2.27. The number of rotatable bonds is 7. The molecule has 2 N–H and O–H groups in total. The molecule has 0 radical (unpaired) electrons. The molecule has 0 saturated heterocycles. The maximum atomic E-state index is 13.5. The summed E-state index contributed by atoms with van der Waals surface area (Å²) in [5.74, 6) is -2.18. The van der Waals surface area contributed by atoms with Gasteiger partial charge in [-0.2, -0.15) is 0 Å². The van der Waals surface area contributed by atoms with Crippen LogP contribution in [0.2, 0.25) is 0 Å². The third-order valence-electron chi connectivity index (χ3n) is 3.49. The van der Waals surface area contributed by atoms with E-state index in [0.717, 1.165) is 17.7 Å². The number of benzene rings is 2. The van der Waals surface area contributed by atoms with E-state index in [0.29, 0.717) is 11.5 Å². The summed E-state index contributed by atoms with van der Waals surface area (Å²) in [7, 11) is 3.00. The van der Waals surface area contributed by atoms with Crippen molar-refractivity contribution in [2.75, 3.05) is 19.5 Å². The number of ether oxygens (including phenoxy) is 2. The maximum Gasteiger partial charge on any atom is 0.233 e. The van der Waals surface area contributed by atoms with Crippen molar-refractivity contribution in [3.63, 3.8) is 0 Å². The summed E-state index contributed by atoms with van der Waals surface area (Å²) >= 11 is 0. The van der Waals surface area contributed by atoms with Crippen LogP contribution in [0.5, 0.6) is 11.5 Å². The first-order valence-electron chi connectivity index (χ1n) is 7.66. The second-order valence-electron chi connectivity index (χ2n) is 5.29. The number of para-hydroxylation sites is 1. The predicted octanol–water partition coefficient (Wildman–Crippen LogP) is 2.63. The zero-order valence-electron chi connectivity index (χ0n) is 14.3. The van der Waals surface area contributed by atoms with E-state index >= 15 is 0 Å². The average molecular weight is 364 g/mol. The molecule has 0 unspecified atom stereocenters. The molecule has 8 heteroatoms. The quantitative estimate of drug-likeness (QED) is 0.741. The Kier molecular flexibility index (Phi) is 6.48. The first kappa shape index (κ1) is 19.2. The third kappa shape index (κ3) is 4.92. The van der Waals surface area contributed by atoms with Gasteiger partial charge in [-0.05, 0) is 29.8 Å². The van der Waals surface area contributed by atoms with Crippen LogP contribution in [0.15, 0.2) is 36.4 Å². The second-order valence-corrected chi connectivity index (χ2v) is 5.29. The van der Waals surface area contributed by atoms with Gasteiger partial charge in [0.2, 0.25) is 11.8 Å². The fourth-order valence-corrected chi connectivity index (χ4v) is 2.20. The zero-order chi connectivity index (χ0) is 19.1. The van der Waals surface area contributed by atoms with Crippen LogP contribution in [-0.2, 0) is 16.1 Å². The van der Waals surface area contributed by atoms with Crippen LogP contribution < -0.4 is 20.1 Å². The minimum Gasteiger partial charge on any atom is -0.493 e. The number of carbonyl (C=O) groups is 2. The van der Waals surface area contributed by atoms with Crippen molar-refractivity contribution in [2.24, 2.45) is 0 Å². The fraction of sp³-hybridized carbons (Fsp3) is 0.222. The van der Waals surface area contributed by atoms with Crippen molar-refractivity contribution in [3.8, 4) is 11.5 Å². The summed E-state index contributed by atoms with van der Waals surface area (Å²) in [6.45, 7) is 0.153. The molecular formula is C18H18F2N2O4. The highest BCUT2D eigenvalue weighted by molar-refractivity contribution is 6.03. The molecule has 0 aliphatic heterocycles.